The third-order valence-electron chi connectivity index (χ3n) is 12.3. The highest BCUT2D eigenvalue weighted by atomic mass is 19.1. The molecular weight excluding hydrogens is 696 g/mol. The van der Waals surface area contributed by atoms with Crippen molar-refractivity contribution in [1.29, 1.82) is 0 Å². The van der Waals surface area contributed by atoms with E-state index in [1.807, 2.05) is 0 Å². The van der Waals surface area contributed by atoms with Gasteiger partial charge in [-0.05, 0) is 81.0 Å². The topological polar surface area (TPSA) is 134 Å². The van der Waals surface area contributed by atoms with Gasteiger partial charge < -0.3 is 34.4 Å². The highest BCUT2D eigenvalue weighted by molar-refractivity contribution is 6.04. The number of nitrogens with zero attached hydrogens (tertiary/aromatic N) is 5. The van der Waals surface area contributed by atoms with Gasteiger partial charge >= 0.3 is 6.01 Å². The number of anilines is 1. The molecule has 2 aliphatic carbocycles. The third-order valence-corrected chi connectivity index (χ3v) is 12.3. The molecule has 13 heteroatoms. The van der Waals surface area contributed by atoms with E-state index in [4.69, 9.17) is 25.6 Å². The number of methoxy groups -OCH3 is 1. The lowest BCUT2D eigenvalue weighted by atomic mass is 9.65. The zero-order chi connectivity index (χ0) is 38.0. The lowest BCUT2D eigenvalue weighted by Gasteiger charge is -2.56. The number of β-amino-alcohol motifs (C(OH)–C–C–N with tert-alkyl or cyclic N) is 1. The summed E-state index contributed by atoms with van der Waals surface area (Å²) in [6.07, 6.45) is 12.8. The number of halogens is 2. The van der Waals surface area contributed by atoms with Gasteiger partial charge in [0.2, 0.25) is 5.88 Å². The van der Waals surface area contributed by atoms with Crippen molar-refractivity contribution in [3.63, 3.8) is 0 Å². The van der Waals surface area contributed by atoms with E-state index < -0.39 is 17.2 Å². The van der Waals surface area contributed by atoms with E-state index in [2.05, 4.69) is 27.7 Å². The standard InChI is InChI=1S/C41H47F2N5O6/c1-5-27-29(42)10-9-24-16-26(50)17-28(31(24)27)34-33(43)35-32(37(44-34)52-4)36(47-14-15-53-22-40(3,51)20-47)46-38(45-35)54-23-41-11-6-8-30(41)48(13-7-12-41)25-18-39(2,19-25)21-49/h1,9-10,16-17,25,30,49-51H,6-8,11-15,18-23H2,2-4H3/t25?,30-,39?,40+,41?/m1/s1. The number of aromatic hydroxyl groups is 1. The number of hydrogen-bond donors (Lipinski definition) is 3. The van der Waals surface area contributed by atoms with Crippen molar-refractivity contribution in [3.05, 3.63) is 41.5 Å². The van der Waals surface area contributed by atoms with Gasteiger partial charge in [-0.15, -0.1) is 6.42 Å². The van der Waals surface area contributed by atoms with Crippen molar-refractivity contribution in [2.45, 2.75) is 76.5 Å². The fraction of sp³-hybridized carbons (Fsp3) is 0.537. The van der Waals surface area contributed by atoms with Gasteiger partial charge in [0.1, 0.15) is 39.6 Å². The van der Waals surface area contributed by atoms with Gasteiger partial charge in [-0.25, -0.2) is 13.8 Å². The molecule has 3 atom stereocenters. The number of hydrogen-bond acceptors (Lipinski definition) is 11. The Labute approximate surface area is 313 Å². The minimum atomic E-state index is -1.25. The summed E-state index contributed by atoms with van der Waals surface area (Å²) in [5, 5.41) is 32.6. The van der Waals surface area contributed by atoms with Crippen LogP contribution in [0.2, 0.25) is 0 Å². The highest BCUT2D eigenvalue weighted by Crippen LogP contribution is 2.53. The van der Waals surface area contributed by atoms with Crippen molar-refractivity contribution < 1.29 is 38.3 Å². The molecule has 2 saturated carbocycles. The van der Waals surface area contributed by atoms with Crippen LogP contribution in [-0.2, 0) is 4.74 Å². The molecule has 11 nitrogen and oxygen atoms in total. The Balaban J connectivity index is 1.25. The molecule has 286 valence electrons. The van der Waals surface area contributed by atoms with E-state index in [1.54, 1.807) is 11.8 Å². The molecule has 0 spiro atoms. The largest absolute Gasteiger partial charge is 0.508 e. The van der Waals surface area contributed by atoms with Crippen LogP contribution in [0, 0.1) is 34.8 Å². The molecule has 2 saturated heterocycles. The fourth-order valence-corrected chi connectivity index (χ4v) is 9.69. The van der Waals surface area contributed by atoms with Crippen LogP contribution >= 0.6 is 0 Å². The van der Waals surface area contributed by atoms with Gasteiger partial charge in [0, 0.05) is 41.6 Å². The quantitative estimate of drug-likeness (QED) is 0.196. The average Bonchev–Trinajstić information content (AvgIpc) is 3.49. The SMILES string of the molecule is C#Cc1c(F)ccc2cc(O)cc(-c3nc(OC)c4c(N5CCOC[C@@](C)(O)C5)nc(OCC56CCC[C@H]5N(C5CC(C)(CO)C5)CCC6)nc4c3F)c12. The first kappa shape index (κ1) is 36.6. The number of benzene rings is 2. The molecule has 8 rings (SSSR count). The molecule has 2 aromatic heterocycles. The smallest absolute Gasteiger partial charge is 0.319 e. The number of aliphatic hydroxyl groups is 2. The first-order valence-electron chi connectivity index (χ1n) is 18.8. The predicted molar refractivity (Wildman–Crippen MR) is 200 cm³/mol. The van der Waals surface area contributed by atoms with Gasteiger partial charge in [0.05, 0.1) is 39.0 Å². The van der Waals surface area contributed by atoms with E-state index in [0.717, 1.165) is 51.5 Å². The Bertz CT molecular complexity index is 2150. The summed E-state index contributed by atoms with van der Waals surface area (Å²) in [6.45, 7) is 6.17. The van der Waals surface area contributed by atoms with Crippen LogP contribution in [0.1, 0.15) is 64.4 Å². The van der Waals surface area contributed by atoms with Gasteiger partial charge in [0.15, 0.2) is 5.82 Å². The summed E-state index contributed by atoms with van der Waals surface area (Å²) in [5.41, 5.74) is -1.86. The number of terminal acetylenes is 1. The lowest BCUT2D eigenvalue weighted by Crippen LogP contribution is -2.60. The van der Waals surface area contributed by atoms with Crippen LogP contribution < -0.4 is 14.4 Å². The maximum Gasteiger partial charge on any atom is 0.319 e. The summed E-state index contributed by atoms with van der Waals surface area (Å²) in [6, 6.07) is 6.08. The second kappa shape index (κ2) is 13.7. The number of likely N-dealkylation sites (tertiary alicyclic amines) is 1. The number of pyridine rings is 1. The normalized spacial score (nSPS) is 28.7. The van der Waals surface area contributed by atoms with Gasteiger partial charge in [-0.2, -0.15) is 9.97 Å². The van der Waals surface area contributed by atoms with Crippen LogP contribution in [0.25, 0.3) is 32.9 Å². The first-order valence-corrected chi connectivity index (χ1v) is 18.8. The van der Waals surface area contributed by atoms with Gasteiger partial charge in [-0.3, -0.25) is 4.90 Å². The zero-order valence-electron chi connectivity index (χ0n) is 31.0. The van der Waals surface area contributed by atoms with E-state index in [0.29, 0.717) is 30.6 Å². The number of rotatable bonds is 8. The van der Waals surface area contributed by atoms with Crippen molar-refractivity contribution >= 4 is 27.5 Å². The van der Waals surface area contributed by atoms with Crippen molar-refractivity contribution in [2.24, 2.45) is 10.8 Å². The van der Waals surface area contributed by atoms with Crippen LogP contribution in [0.15, 0.2) is 24.3 Å². The zero-order valence-corrected chi connectivity index (χ0v) is 31.0. The van der Waals surface area contributed by atoms with Crippen LogP contribution in [0.4, 0.5) is 14.6 Å². The van der Waals surface area contributed by atoms with Crippen LogP contribution in [-0.4, -0.2) is 106 Å². The Morgan fingerprint density at radius 1 is 1.07 bits per heavy atom. The minimum absolute atomic E-state index is 0.0179. The summed E-state index contributed by atoms with van der Waals surface area (Å²) < 4.78 is 50.4. The molecular formula is C41H47F2N5O6. The number of fused-ring (bicyclic) bond motifs is 3. The maximum absolute atomic E-state index is 17.3. The molecule has 2 aromatic carbocycles. The Kier molecular flexibility index (Phi) is 9.32. The molecule has 3 N–H and O–H groups in total. The number of phenols is 1. The minimum Gasteiger partial charge on any atom is -0.508 e. The van der Waals surface area contributed by atoms with E-state index >= 15 is 8.78 Å². The molecule has 4 aliphatic rings. The lowest BCUT2D eigenvalue weighted by molar-refractivity contribution is -0.0884. The predicted octanol–water partition coefficient (Wildman–Crippen LogP) is 5.58. The van der Waals surface area contributed by atoms with E-state index in [-0.39, 0.29) is 93.8 Å². The number of aliphatic hydroxyl groups excluding tert-OH is 1. The summed E-state index contributed by atoms with van der Waals surface area (Å²) in [4.78, 5) is 18.6. The van der Waals surface area contributed by atoms with Crippen LogP contribution in [0.3, 0.4) is 0 Å². The Morgan fingerprint density at radius 3 is 2.63 bits per heavy atom. The molecule has 4 heterocycles. The van der Waals surface area contributed by atoms with E-state index in [9.17, 15) is 15.3 Å². The average molecular weight is 744 g/mol. The molecule has 2 aliphatic heterocycles. The number of ether oxygens (including phenoxy) is 3. The molecule has 0 bridgehead atoms. The van der Waals surface area contributed by atoms with Crippen molar-refractivity contribution in [3.8, 4) is 41.2 Å². The molecule has 4 aromatic rings. The number of piperidine rings is 1. The Hall–Kier alpha value is -4.35. The van der Waals surface area contributed by atoms with Crippen LogP contribution in [0.5, 0.6) is 17.6 Å². The molecule has 0 amide bonds. The summed E-state index contributed by atoms with van der Waals surface area (Å²) in [7, 11) is 1.39. The summed E-state index contributed by atoms with van der Waals surface area (Å²) in [5.74, 6) is 0.884. The highest BCUT2D eigenvalue weighted by Gasteiger charge is 2.53. The monoisotopic (exact) mass is 743 g/mol. The molecule has 54 heavy (non-hydrogen) atoms. The summed E-state index contributed by atoms with van der Waals surface area (Å²) >= 11 is 0. The third kappa shape index (κ3) is 6.27. The molecule has 0 radical (unpaired) electrons. The fourth-order valence-electron chi connectivity index (χ4n) is 9.69. The number of aromatic nitrogens is 3. The molecule has 1 unspecified atom stereocenters. The molecule has 4 fully saturated rings. The van der Waals surface area contributed by atoms with Gasteiger partial charge in [-0.1, -0.05) is 25.3 Å². The van der Waals surface area contributed by atoms with Crippen molar-refractivity contribution in [1.82, 2.24) is 19.9 Å². The van der Waals surface area contributed by atoms with E-state index in [1.165, 1.54) is 31.4 Å². The Morgan fingerprint density at radius 2 is 1.87 bits per heavy atom. The van der Waals surface area contributed by atoms with Gasteiger partial charge in [0.25, 0.3) is 0 Å². The first-order chi connectivity index (χ1) is 25.9. The second-order valence-electron chi connectivity index (χ2n) is 16.4. The maximum atomic E-state index is 17.3. The van der Waals surface area contributed by atoms with Crippen molar-refractivity contribution in [2.75, 3.05) is 58.1 Å². The second-order valence-corrected chi connectivity index (χ2v) is 16.4. The number of phenolic OH excluding ortho intramolecular Hbond substituents is 1.